The van der Waals surface area contributed by atoms with Gasteiger partial charge in [0.1, 0.15) is 5.60 Å². The maximum absolute atomic E-state index is 13.5. The monoisotopic (exact) mass is 533 g/mol. The number of nitrogens with zero attached hydrogens (tertiary/aromatic N) is 2. The van der Waals surface area contributed by atoms with Crippen molar-refractivity contribution in [2.75, 3.05) is 6.54 Å². The first-order chi connectivity index (χ1) is 17.3. The highest BCUT2D eigenvalue weighted by Gasteiger charge is 2.61. The molecule has 0 amide bonds. The fourth-order valence-corrected chi connectivity index (χ4v) is 6.48. The van der Waals surface area contributed by atoms with E-state index >= 15 is 0 Å². The maximum atomic E-state index is 13.5. The lowest BCUT2D eigenvalue weighted by atomic mass is 9.78. The minimum atomic E-state index is -4.83. The van der Waals surface area contributed by atoms with Crippen molar-refractivity contribution in [3.63, 3.8) is 0 Å². The molecular formula is C25H22F3N3O5S. The van der Waals surface area contributed by atoms with Crippen LogP contribution in [0.1, 0.15) is 48.4 Å². The Bertz CT molecular complexity index is 1550. The third-order valence-electron chi connectivity index (χ3n) is 7.09. The van der Waals surface area contributed by atoms with Crippen LogP contribution in [0.15, 0.2) is 53.4 Å². The SMILES string of the molecule is C[C@@]12CC[C@@](CCNS(=O)(=O)c3ccccc3)(O1)c1c2c(O)n(-c2ccc(C#N)c(C(F)(F)F)c2)c1O. The molecule has 8 nitrogen and oxygen atoms in total. The van der Waals surface area contributed by atoms with Gasteiger partial charge in [0.15, 0.2) is 0 Å². The molecule has 0 unspecified atom stereocenters. The van der Waals surface area contributed by atoms with E-state index in [0.29, 0.717) is 18.9 Å². The van der Waals surface area contributed by atoms with E-state index in [-0.39, 0.29) is 34.7 Å². The second-order valence-corrected chi connectivity index (χ2v) is 11.1. The minimum Gasteiger partial charge on any atom is -0.494 e. The largest absolute Gasteiger partial charge is 0.494 e. The predicted molar refractivity (Wildman–Crippen MR) is 124 cm³/mol. The van der Waals surface area contributed by atoms with Gasteiger partial charge >= 0.3 is 6.18 Å². The van der Waals surface area contributed by atoms with Gasteiger partial charge in [-0.15, -0.1) is 0 Å². The Morgan fingerprint density at radius 3 is 2.43 bits per heavy atom. The highest BCUT2D eigenvalue weighted by Crippen LogP contribution is 2.65. The second kappa shape index (κ2) is 8.24. The first kappa shape index (κ1) is 25.1. The van der Waals surface area contributed by atoms with Gasteiger partial charge in [0, 0.05) is 6.54 Å². The third kappa shape index (κ3) is 3.85. The molecule has 1 fully saturated rings. The molecule has 2 bridgehead atoms. The highest BCUT2D eigenvalue weighted by atomic mass is 32.2. The van der Waals surface area contributed by atoms with E-state index in [1.165, 1.54) is 24.3 Å². The van der Waals surface area contributed by atoms with E-state index < -0.39 is 50.3 Å². The van der Waals surface area contributed by atoms with E-state index in [1.54, 1.807) is 25.1 Å². The van der Waals surface area contributed by atoms with Crippen LogP contribution >= 0.6 is 0 Å². The topological polar surface area (TPSA) is 125 Å². The lowest BCUT2D eigenvalue weighted by molar-refractivity contribution is -0.137. The maximum Gasteiger partial charge on any atom is 0.417 e. The Morgan fingerprint density at radius 2 is 1.78 bits per heavy atom. The predicted octanol–water partition coefficient (Wildman–Crippen LogP) is 4.38. The normalized spacial score (nSPS) is 22.7. The average molecular weight is 534 g/mol. The van der Waals surface area contributed by atoms with Crippen LogP contribution in [-0.2, 0) is 32.1 Å². The van der Waals surface area contributed by atoms with Crippen molar-refractivity contribution in [2.45, 2.75) is 48.5 Å². The van der Waals surface area contributed by atoms with Gasteiger partial charge in [-0.1, -0.05) is 18.2 Å². The zero-order valence-electron chi connectivity index (χ0n) is 19.5. The highest BCUT2D eigenvalue weighted by molar-refractivity contribution is 7.89. The van der Waals surface area contributed by atoms with Crippen molar-refractivity contribution >= 4 is 10.0 Å². The van der Waals surface area contributed by atoms with Gasteiger partial charge in [-0.25, -0.2) is 13.1 Å². The van der Waals surface area contributed by atoms with Crippen molar-refractivity contribution in [3.05, 3.63) is 70.8 Å². The van der Waals surface area contributed by atoms with Gasteiger partial charge in [0.2, 0.25) is 21.8 Å². The van der Waals surface area contributed by atoms with Gasteiger partial charge in [0.05, 0.1) is 44.5 Å². The Labute approximate surface area is 210 Å². The number of fused-ring (bicyclic) bond motifs is 5. The van der Waals surface area contributed by atoms with Crippen LogP contribution in [0.5, 0.6) is 11.8 Å². The molecule has 0 aliphatic carbocycles. The fourth-order valence-electron chi connectivity index (χ4n) is 5.43. The van der Waals surface area contributed by atoms with Gasteiger partial charge in [-0.05, 0) is 56.5 Å². The molecular weight excluding hydrogens is 511 g/mol. The molecule has 5 rings (SSSR count). The zero-order valence-corrected chi connectivity index (χ0v) is 20.3. The third-order valence-corrected chi connectivity index (χ3v) is 8.57. The van der Waals surface area contributed by atoms with Crippen molar-refractivity contribution in [3.8, 4) is 23.5 Å². The Kier molecular flexibility index (Phi) is 5.60. The number of rotatable bonds is 6. The molecule has 0 saturated carbocycles. The summed E-state index contributed by atoms with van der Waals surface area (Å²) in [7, 11) is -3.80. The molecule has 3 heterocycles. The Morgan fingerprint density at radius 1 is 1.11 bits per heavy atom. The molecule has 194 valence electrons. The summed E-state index contributed by atoms with van der Waals surface area (Å²) in [6, 6.07) is 12.2. The van der Waals surface area contributed by atoms with E-state index in [4.69, 9.17) is 10.00 Å². The molecule has 2 aliphatic rings. The fraction of sp³-hybridized carbons (Fsp3) is 0.320. The number of nitrogens with one attached hydrogen (secondary N) is 1. The Balaban J connectivity index is 1.52. The van der Waals surface area contributed by atoms with E-state index in [1.807, 2.05) is 0 Å². The summed E-state index contributed by atoms with van der Waals surface area (Å²) >= 11 is 0. The molecule has 0 spiro atoms. The quantitative estimate of drug-likeness (QED) is 0.432. The first-order valence-corrected chi connectivity index (χ1v) is 12.9. The van der Waals surface area contributed by atoms with Crippen molar-refractivity contribution in [1.82, 2.24) is 9.29 Å². The number of alkyl halides is 3. The molecule has 2 atom stereocenters. The number of aromatic hydroxyl groups is 2. The van der Waals surface area contributed by atoms with Gasteiger partial charge in [-0.3, -0.25) is 4.57 Å². The molecule has 37 heavy (non-hydrogen) atoms. The summed E-state index contributed by atoms with van der Waals surface area (Å²) in [4.78, 5) is 0.0877. The molecule has 2 aliphatic heterocycles. The average Bonchev–Trinajstić information content (AvgIpc) is 3.43. The van der Waals surface area contributed by atoms with Crippen LogP contribution < -0.4 is 4.72 Å². The van der Waals surface area contributed by atoms with Crippen LogP contribution in [0.25, 0.3) is 5.69 Å². The smallest absolute Gasteiger partial charge is 0.417 e. The summed E-state index contributed by atoms with van der Waals surface area (Å²) in [5.74, 6) is -0.973. The van der Waals surface area contributed by atoms with Crippen molar-refractivity contribution in [1.29, 1.82) is 5.26 Å². The minimum absolute atomic E-state index is 0.0484. The number of benzene rings is 2. The number of halogens is 3. The van der Waals surface area contributed by atoms with Crippen LogP contribution in [0.3, 0.4) is 0 Å². The molecule has 3 aromatic rings. The summed E-state index contributed by atoms with van der Waals surface area (Å²) in [6.07, 6.45) is -3.86. The molecule has 0 radical (unpaired) electrons. The van der Waals surface area contributed by atoms with Crippen molar-refractivity contribution < 1.29 is 36.5 Å². The molecule has 12 heteroatoms. The standard InChI is InChI=1S/C25H22F3N3O5S/c1-23-9-10-24(36-23,11-12-30-37(34,35)17-5-3-2-4-6-17)20-19(23)21(32)31(22(20)33)16-8-7-15(14-29)18(13-16)25(26,27)28/h2-8,13,30,32-33H,9-12H2,1H3/t23-,24-/m0/s1. The number of ether oxygens (including phenoxy) is 1. The van der Waals surface area contributed by atoms with Crippen molar-refractivity contribution in [2.24, 2.45) is 0 Å². The summed E-state index contributed by atoms with van der Waals surface area (Å²) in [6.45, 7) is 1.66. The number of hydrogen-bond acceptors (Lipinski definition) is 6. The molecule has 1 saturated heterocycles. The Hall–Kier alpha value is -3.53. The van der Waals surface area contributed by atoms with Gasteiger partial charge in [-0.2, -0.15) is 18.4 Å². The molecule has 3 N–H and O–H groups in total. The molecule has 1 aromatic heterocycles. The number of sulfonamides is 1. The van der Waals surface area contributed by atoms with E-state index in [0.717, 1.165) is 10.6 Å². The van der Waals surface area contributed by atoms with Gasteiger partial charge in [0.25, 0.3) is 0 Å². The zero-order chi connectivity index (χ0) is 26.8. The lowest BCUT2D eigenvalue weighted by Crippen LogP contribution is -2.32. The summed E-state index contributed by atoms with van der Waals surface area (Å²) < 4.78 is 75.6. The summed E-state index contributed by atoms with van der Waals surface area (Å²) in [5, 5.41) is 31.3. The van der Waals surface area contributed by atoms with Crippen LogP contribution in [0.2, 0.25) is 0 Å². The lowest BCUT2D eigenvalue weighted by Gasteiger charge is -2.26. The number of hydrogen-bond donors (Lipinski definition) is 3. The van der Waals surface area contributed by atoms with Gasteiger partial charge < -0.3 is 14.9 Å². The molecule has 2 aromatic carbocycles. The summed E-state index contributed by atoms with van der Waals surface area (Å²) in [5.41, 5.74) is -3.69. The van der Waals surface area contributed by atoms with E-state index in [2.05, 4.69) is 4.72 Å². The number of aromatic nitrogens is 1. The number of nitriles is 1. The van der Waals surface area contributed by atoms with E-state index in [9.17, 15) is 31.8 Å². The van der Waals surface area contributed by atoms with Crippen LogP contribution in [0.4, 0.5) is 13.2 Å². The van der Waals surface area contributed by atoms with Crippen LogP contribution in [-0.4, -0.2) is 29.7 Å². The van der Waals surface area contributed by atoms with Crippen LogP contribution in [0, 0.1) is 11.3 Å². The first-order valence-electron chi connectivity index (χ1n) is 11.4. The second-order valence-electron chi connectivity index (χ2n) is 9.36.